The number of nitrogens with zero attached hydrogens (tertiary/aromatic N) is 3. The van der Waals surface area contributed by atoms with Crippen molar-refractivity contribution in [1.29, 1.82) is 0 Å². The lowest BCUT2D eigenvalue weighted by Gasteiger charge is -2.25. The van der Waals surface area contributed by atoms with Crippen LogP contribution in [0, 0.1) is 0 Å². The molecule has 3 N–H and O–H groups in total. The van der Waals surface area contributed by atoms with E-state index in [1.165, 1.54) is 17.8 Å². The summed E-state index contributed by atoms with van der Waals surface area (Å²) < 4.78 is 43.9. The highest BCUT2D eigenvalue weighted by Gasteiger charge is 2.30. The molecule has 5 rings (SSSR count). The molecule has 4 aromatic rings. The molecule has 3 heterocycles. The summed E-state index contributed by atoms with van der Waals surface area (Å²) in [7, 11) is 0. The number of aryl methyl sites for hydroxylation is 1. The number of amides is 1. The third-order valence-electron chi connectivity index (χ3n) is 7.16. The van der Waals surface area contributed by atoms with E-state index in [0.29, 0.717) is 34.7 Å². The van der Waals surface area contributed by atoms with Gasteiger partial charge in [0.05, 0.1) is 22.4 Å². The van der Waals surface area contributed by atoms with Gasteiger partial charge in [-0.05, 0) is 68.0 Å². The average molecular weight is 592 g/mol. The number of benzene rings is 1. The second-order valence-electron chi connectivity index (χ2n) is 10.1. The molecule has 1 amide bonds. The van der Waals surface area contributed by atoms with E-state index in [2.05, 4.69) is 31.6 Å². The first-order chi connectivity index (χ1) is 20.6. The van der Waals surface area contributed by atoms with E-state index < -0.39 is 17.7 Å². The normalized spacial score (nSPS) is 15.2. The Morgan fingerprint density at radius 2 is 1.88 bits per heavy atom. The summed E-state index contributed by atoms with van der Waals surface area (Å²) in [6, 6.07) is 12.6. The molecular formula is C31H28F3N5O4. The average Bonchev–Trinajstić information content (AvgIpc) is 3.43. The van der Waals surface area contributed by atoms with Crippen molar-refractivity contribution in [2.24, 2.45) is 0 Å². The molecule has 1 fully saturated rings. The second-order valence-corrected chi connectivity index (χ2v) is 10.1. The van der Waals surface area contributed by atoms with Gasteiger partial charge in [-0.25, -0.2) is 9.78 Å². The van der Waals surface area contributed by atoms with Crippen molar-refractivity contribution in [3.8, 4) is 22.9 Å². The maximum atomic E-state index is 12.9. The maximum Gasteiger partial charge on any atom is 0.417 e. The number of carboxylic acid groups (broad SMARTS) is 1. The van der Waals surface area contributed by atoms with Crippen LogP contribution in [0.4, 0.5) is 13.2 Å². The Labute approximate surface area is 244 Å². The van der Waals surface area contributed by atoms with Gasteiger partial charge in [0.2, 0.25) is 5.88 Å². The number of pyridine rings is 2. The first kappa shape index (κ1) is 29.5. The number of aromatic carboxylic acids is 1. The lowest BCUT2D eigenvalue weighted by molar-refractivity contribution is -0.137. The molecule has 0 radical (unpaired) electrons. The van der Waals surface area contributed by atoms with Crippen molar-refractivity contribution in [2.45, 2.75) is 51.2 Å². The molecule has 3 aromatic heterocycles. The van der Waals surface area contributed by atoms with E-state index in [-0.39, 0.29) is 23.5 Å². The lowest BCUT2D eigenvalue weighted by atomic mass is 9.89. The van der Waals surface area contributed by atoms with E-state index in [1.807, 2.05) is 13.0 Å². The van der Waals surface area contributed by atoms with Crippen LogP contribution in [0.3, 0.4) is 0 Å². The third-order valence-corrected chi connectivity index (χ3v) is 7.16. The lowest BCUT2D eigenvalue weighted by Crippen LogP contribution is -2.36. The Bertz CT molecular complexity index is 1640. The van der Waals surface area contributed by atoms with Crippen LogP contribution in [0.25, 0.3) is 17.3 Å². The van der Waals surface area contributed by atoms with Gasteiger partial charge in [-0.3, -0.25) is 14.9 Å². The fraction of sp³-hybridized carbons (Fsp3) is 0.258. The first-order valence-corrected chi connectivity index (χ1v) is 13.7. The fourth-order valence-electron chi connectivity index (χ4n) is 4.92. The summed E-state index contributed by atoms with van der Waals surface area (Å²) >= 11 is 0. The number of rotatable bonds is 8. The van der Waals surface area contributed by atoms with Crippen molar-refractivity contribution in [3.05, 3.63) is 94.6 Å². The van der Waals surface area contributed by atoms with Crippen LogP contribution in [-0.2, 0) is 12.6 Å². The zero-order valence-electron chi connectivity index (χ0n) is 23.1. The number of aromatic amines is 1. The van der Waals surface area contributed by atoms with Crippen LogP contribution in [0.2, 0.25) is 0 Å². The van der Waals surface area contributed by atoms with Crippen molar-refractivity contribution in [1.82, 2.24) is 25.5 Å². The van der Waals surface area contributed by atoms with Gasteiger partial charge in [0.25, 0.3) is 5.91 Å². The summed E-state index contributed by atoms with van der Waals surface area (Å²) in [5, 5.41) is 19.1. The molecule has 0 spiro atoms. The summed E-state index contributed by atoms with van der Waals surface area (Å²) in [4.78, 5) is 32.5. The Balaban J connectivity index is 1.16. The molecule has 0 atom stereocenters. The van der Waals surface area contributed by atoms with Crippen molar-refractivity contribution in [3.63, 3.8) is 0 Å². The van der Waals surface area contributed by atoms with Crippen molar-refractivity contribution < 1.29 is 32.6 Å². The number of ether oxygens (including phenoxy) is 1. The highest BCUT2D eigenvalue weighted by molar-refractivity contribution is 5.96. The number of carbonyl (C=O) groups is 2. The summed E-state index contributed by atoms with van der Waals surface area (Å²) in [6.45, 7) is 1.88. The number of H-pyrrole nitrogens is 1. The highest BCUT2D eigenvalue weighted by atomic mass is 19.4. The van der Waals surface area contributed by atoms with E-state index in [9.17, 15) is 27.9 Å². The molecule has 222 valence electrons. The van der Waals surface area contributed by atoms with Gasteiger partial charge in [0, 0.05) is 30.2 Å². The number of hydrogen-bond donors (Lipinski definition) is 3. The van der Waals surface area contributed by atoms with Crippen molar-refractivity contribution >= 4 is 18.0 Å². The van der Waals surface area contributed by atoms with Crippen LogP contribution >= 0.6 is 0 Å². The standard InChI is InChI=1S/C31H28F3N5O4/c1-2-24-27(28(30(41)42)39-38-24)25-12-8-20(16-35-25)29(40)37-22-10-6-18(7-11-22)14-19-4-3-5-23(15-19)43-26-13-9-21(17-36-26)31(32,33)34/h3-5,8-9,12-17,22H,2,6-7,10-11H2,1H3,(H,37,40)(H,38,39)(H,41,42). The second kappa shape index (κ2) is 12.5. The number of alkyl halides is 3. The van der Waals surface area contributed by atoms with Gasteiger partial charge in [-0.15, -0.1) is 0 Å². The summed E-state index contributed by atoms with van der Waals surface area (Å²) in [5.74, 6) is -0.882. The molecule has 1 aromatic carbocycles. The minimum atomic E-state index is -4.46. The minimum Gasteiger partial charge on any atom is -0.476 e. The van der Waals surface area contributed by atoms with E-state index in [4.69, 9.17) is 4.74 Å². The predicted molar refractivity (Wildman–Crippen MR) is 152 cm³/mol. The van der Waals surface area contributed by atoms with Gasteiger partial charge in [-0.1, -0.05) is 30.7 Å². The number of nitrogens with one attached hydrogen (secondary N) is 2. The van der Waals surface area contributed by atoms with Gasteiger partial charge < -0.3 is 15.2 Å². The Hall–Kier alpha value is -5.00. The third kappa shape index (κ3) is 7.08. The highest BCUT2D eigenvalue weighted by Crippen LogP contribution is 2.31. The maximum absolute atomic E-state index is 12.9. The Kier molecular flexibility index (Phi) is 8.56. The molecule has 1 aliphatic rings. The Morgan fingerprint density at radius 3 is 2.51 bits per heavy atom. The van der Waals surface area contributed by atoms with Gasteiger partial charge >= 0.3 is 12.1 Å². The van der Waals surface area contributed by atoms with Crippen LogP contribution in [0.1, 0.15) is 70.3 Å². The molecular weight excluding hydrogens is 563 g/mol. The fourth-order valence-corrected chi connectivity index (χ4v) is 4.92. The van der Waals surface area contributed by atoms with Crippen LogP contribution in [-0.4, -0.2) is 43.2 Å². The molecule has 43 heavy (non-hydrogen) atoms. The van der Waals surface area contributed by atoms with Crippen LogP contribution in [0.15, 0.2) is 66.5 Å². The van der Waals surface area contributed by atoms with Gasteiger partial charge in [0.1, 0.15) is 5.75 Å². The monoisotopic (exact) mass is 591 g/mol. The van der Waals surface area contributed by atoms with E-state index >= 15 is 0 Å². The van der Waals surface area contributed by atoms with E-state index in [1.54, 1.807) is 30.3 Å². The van der Waals surface area contributed by atoms with Gasteiger partial charge in [0.15, 0.2) is 5.69 Å². The largest absolute Gasteiger partial charge is 0.476 e. The summed E-state index contributed by atoms with van der Waals surface area (Å²) in [5.41, 5.74) is 3.03. The number of allylic oxidation sites excluding steroid dienone is 1. The number of aromatic nitrogens is 4. The number of halogens is 3. The molecule has 1 saturated carbocycles. The number of carboxylic acids is 1. The van der Waals surface area contributed by atoms with Gasteiger partial charge in [-0.2, -0.15) is 18.3 Å². The summed E-state index contributed by atoms with van der Waals surface area (Å²) in [6.07, 6.45) is 3.40. The SMILES string of the molecule is CCc1[nH]nc(C(=O)O)c1-c1ccc(C(=O)NC2CCC(=Cc3cccc(Oc4ccc(C(F)(F)F)cn4)c3)CC2)cn1. The predicted octanol–water partition coefficient (Wildman–Crippen LogP) is 6.69. The molecule has 1 aliphatic carbocycles. The molecule has 0 unspecified atom stereocenters. The van der Waals surface area contributed by atoms with Crippen LogP contribution < -0.4 is 10.1 Å². The smallest absolute Gasteiger partial charge is 0.417 e. The zero-order valence-corrected chi connectivity index (χ0v) is 23.1. The topological polar surface area (TPSA) is 130 Å². The first-order valence-electron chi connectivity index (χ1n) is 13.7. The van der Waals surface area contributed by atoms with E-state index in [0.717, 1.165) is 43.5 Å². The minimum absolute atomic E-state index is 0.0103. The molecule has 0 saturated heterocycles. The molecule has 0 bridgehead atoms. The zero-order chi connectivity index (χ0) is 30.6. The molecule has 9 nitrogen and oxygen atoms in total. The number of hydrogen-bond acceptors (Lipinski definition) is 6. The van der Waals surface area contributed by atoms with Crippen molar-refractivity contribution in [2.75, 3.05) is 0 Å². The molecule has 0 aliphatic heterocycles. The molecule has 12 heteroatoms. The quantitative estimate of drug-likeness (QED) is 0.208. The Morgan fingerprint density at radius 1 is 1.09 bits per heavy atom. The van der Waals surface area contributed by atoms with Crippen LogP contribution in [0.5, 0.6) is 11.6 Å². The number of carbonyl (C=O) groups excluding carboxylic acids is 1.